The van der Waals surface area contributed by atoms with E-state index in [2.05, 4.69) is 40.8 Å². The van der Waals surface area contributed by atoms with E-state index in [-0.39, 0.29) is 12.3 Å². The molecule has 2 unspecified atom stereocenters. The van der Waals surface area contributed by atoms with Crippen LogP contribution < -0.4 is 4.74 Å². The summed E-state index contributed by atoms with van der Waals surface area (Å²) in [6.07, 6.45) is 3.33. The Labute approximate surface area is 130 Å². The summed E-state index contributed by atoms with van der Waals surface area (Å²) in [4.78, 5) is 10.5. The number of aromatic nitrogens is 2. The molecule has 22 heavy (non-hydrogen) atoms. The second-order valence-electron chi connectivity index (χ2n) is 5.65. The Bertz CT molecular complexity index is 577. The number of ether oxygens (including phenoxy) is 2. The molecule has 116 valence electrons. The van der Waals surface area contributed by atoms with Crippen molar-refractivity contribution in [1.29, 1.82) is 0 Å². The molecular formula is C17H21N3O2. The van der Waals surface area contributed by atoms with Crippen LogP contribution in [-0.4, -0.2) is 40.2 Å². The van der Waals surface area contributed by atoms with E-state index >= 15 is 0 Å². The standard InChI is InChI=1S/C17H21N3O2/c1-13(2)20-11-15(12-21-17-18-9-6-10-19-17)22-16(20)14-7-4-3-5-8-14/h3-10,13,15-16H,11-12H2,1-2H3. The summed E-state index contributed by atoms with van der Waals surface area (Å²) in [7, 11) is 0. The third-order valence-corrected chi connectivity index (χ3v) is 3.73. The van der Waals surface area contributed by atoms with E-state index in [1.54, 1.807) is 18.5 Å². The maximum Gasteiger partial charge on any atom is 0.316 e. The van der Waals surface area contributed by atoms with Gasteiger partial charge in [-0.1, -0.05) is 30.3 Å². The lowest BCUT2D eigenvalue weighted by Crippen LogP contribution is -2.32. The second-order valence-corrected chi connectivity index (χ2v) is 5.65. The highest BCUT2D eigenvalue weighted by atomic mass is 16.6. The quantitative estimate of drug-likeness (QED) is 0.849. The summed E-state index contributed by atoms with van der Waals surface area (Å²) in [6.45, 7) is 5.66. The second kappa shape index (κ2) is 6.85. The zero-order valence-corrected chi connectivity index (χ0v) is 12.9. The monoisotopic (exact) mass is 299 g/mol. The lowest BCUT2D eigenvalue weighted by molar-refractivity contribution is -0.0243. The molecule has 2 heterocycles. The Balaban J connectivity index is 1.66. The van der Waals surface area contributed by atoms with Crippen LogP contribution in [0.4, 0.5) is 0 Å². The van der Waals surface area contributed by atoms with Crippen molar-refractivity contribution in [2.45, 2.75) is 32.2 Å². The fourth-order valence-corrected chi connectivity index (χ4v) is 2.62. The van der Waals surface area contributed by atoms with Gasteiger partial charge >= 0.3 is 6.01 Å². The topological polar surface area (TPSA) is 47.5 Å². The Hall–Kier alpha value is -1.98. The van der Waals surface area contributed by atoms with Gasteiger partial charge in [-0.15, -0.1) is 0 Å². The van der Waals surface area contributed by atoms with Crippen LogP contribution >= 0.6 is 0 Å². The van der Waals surface area contributed by atoms with Crippen LogP contribution in [0.2, 0.25) is 0 Å². The van der Waals surface area contributed by atoms with Gasteiger partial charge < -0.3 is 9.47 Å². The van der Waals surface area contributed by atoms with E-state index in [9.17, 15) is 0 Å². The Morgan fingerprint density at radius 2 is 1.91 bits per heavy atom. The molecule has 0 amide bonds. The van der Waals surface area contributed by atoms with E-state index in [0.717, 1.165) is 6.54 Å². The molecule has 5 heteroatoms. The van der Waals surface area contributed by atoms with Crippen molar-refractivity contribution in [2.75, 3.05) is 13.2 Å². The molecule has 2 atom stereocenters. The molecule has 3 rings (SSSR count). The van der Waals surface area contributed by atoms with Gasteiger partial charge in [0.15, 0.2) is 0 Å². The lowest BCUT2D eigenvalue weighted by Gasteiger charge is -2.26. The fourth-order valence-electron chi connectivity index (χ4n) is 2.62. The third kappa shape index (κ3) is 3.43. The van der Waals surface area contributed by atoms with E-state index in [1.165, 1.54) is 5.56 Å². The van der Waals surface area contributed by atoms with Crippen LogP contribution in [0.3, 0.4) is 0 Å². The number of nitrogens with zero attached hydrogens (tertiary/aromatic N) is 3. The predicted octanol–water partition coefficient (Wildman–Crippen LogP) is 2.66. The van der Waals surface area contributed by atoms with Crippen LogP contribution in [-0.2, 0) is 4.74 Å². The van der Waals surface area contributed by atoms with E-state index in [4.69, 9.17) is 9.47 Å². The molecule has 5 nitrogen and oxygen atoms in total. The van der Waals surface area contributed by atoms with Crippen LogP contribution in [0.15, 0.2) is 48.8 Å². The molecule has 1 aliphatic heterocycles. The van der Waals surface area contributed by atoms with Gasteiger partial charge in [-0.3, -0.25) is 4.90 Å². The summed E-state index contributed by atoms with van der Waals surface area (Å²) in [5.74, 6) is 0. The van der Waals surface area contributed by atoms with Crippen LogP contribution in [0.1, 0.15) is 25.6 Å². The van der Waals surface area contributed by atoms with Gasteiger partial charge in [0.2, 0.25) is 0 Å². The van der Waals surface area contributed by atoms with Gasteiger partial charge in [0.25, 0.3) is 0 Å². The highest BCUT2D eigenvalue weighted by molar-refractivity contribution is 5.18. The zero-order chi connectivity index (χ0) is 15.4. The van der Waals surface area contributed by atoms with Crippen molar-refractivity contribution in [3.05, 3.63) is 54.4 Å². The van der Waals surface area contributed by atoms with E-state index in [0.29, 0.717) is 18.7 Å². The summed E-state index contributed by atoms with van der Waals surface area (Å²) in [5.41, 5.74) is 1.18. The number of rotatable bonds is 5. The smallest absolute Gasteiger partial charge is 0.316 e. The van der Waals surface area contributed by atoms with Crippen molar-refractivity contribution in [2.24, 2.45) is 0 Å². The maximum atomic E-state index is 6.19. The highest BCUT2D eigenvalue weighted by Gasteiger charge is 2.35. The molecule has 1 aliphatic rings. The van der Waals surface area contributed by atoms with Crippen LogP contribution in [0, 0.1) is 0 Å². The molecule has 2 aromatic rings. The number of benzene rings is 1. The Morgan fingerprint density at radius 3 is 2.59 bits per heavy atom. The van der Waals surface area contributed by atoms with E-state index < -0.39 is 0 Å². The lowest BCUT2D eigenvalue weighted by atomic mass is 10.1. The molecular weight excluding hydrogens is 278 g/mol. The normalized spacial score (nSPS) is 22.1. The third-order valence-electron chi connectivity index (χ3n) is 3.73. The number of hydrogen-bond acceptors (Lipinski definition) is 5. The molecule has 1 aromatic heterocycles. The molecule has 1 fully saturated rings. The van der Waals surface area contributed by atoms with E-state index in [1.807, 2.05) is 18.2 Å². The van der Waals surface area contributed by atoms with Crippen molar-refractivity contribution >= 4 is 0 Å². The first-order valence-corrected chi connectivity index (χ1v) is 7.60. The predicted molar refractivity (Wildman–Crippen MR) is 83.4 cm³/mol. The minimum Gasteiger partial charge on any atom is -0.461 e. The summed E-state index contributed by atoms with van der Waals surface area (Å²) in [5, 5.41) is 0. The first kappa shape index (κ1) is 14.9. The maximum absolute atomic E-state index is 6.19. The summed E-state index contributed by atoms with van der Waals surface area (Å²) < 4.78 is 11.8. The fraction of sp³-hybridized carbons (Fsp3) is 0.412. The zero-order valence-electron chi connectivity index (χ0n) is 12.9. The van der Waals surface area contributed by atoms with Crippen LogP contribution in [0.5, 0.6) is 6.01 Å². The molecule has 0 N–H and O–H groups in total. The Kier molecular flexibility index (Phi) is 4.65. The van der Waals surface area contributed by atoms with Gasteiger partial charge in [-0.25, -0.2) is 9.97 Å². The van der Waals surface area contributed by atoms with Crippen LogP contribution in [0.25, 0.3) is 0 Å². The molecule has 1 saturated heterocycles. The molecule has 0 saturated carbocycles. The average Bonchev–Trinajstić information content (AvgIpc) is 2.99. The van der Waals surface area contributed by atoms with Crippen molar-refractivity contribution in [3.63, 3.8) is 0 Å². The molecule has 1 aromatic carbocycles. The minimum atomic E-state index is -0.0218. The van der Waals surface area contributed by atoms with Gasteiger partial charge in [0, 0.05) is 25.0 Å². The molecule has 0 spiro atoms. The number of hydrogen-bond donors (Lipinski definition) is 0. The molecule has 0 radical (unpaired) electrons. The highest BCUT2D eigenvalue weighted by Crippen LogP contribution is 2.31. The van der Waals surface area contributed by atoms with Gasteiger partial charge in [0.05, 0.1) is 0 Å². The first-order chi connectivity index (χ1) is 10.7. The molecule has 0 bridgehead atoms. The van der Waals surface area contributed by atoms with Crippen molar-refractivity contribution < 1.29 is 9.47 Å². The largest absolute Gasteiger partial charge is 0.461 e. The SMILES string of the molecule is CC(C)N1CC(COc2ncccn2)OC1c1ccccc1. The first-order valence-electron chi connectivity index (χ1n) is 7.60. The van der Waals surface area contributed by atoms with Crippen molar-refractivity contribution in [1.82, 2.24) is 14.9 Å². The van der Waals surface area contributed by atoms with Gasteiger partial charge in [-0.2, -0.15) is 0 Å². The van der Waals surface area contributed by atoms with Gasteiger partial charge in [0.1, 0.15) is 18.9 Å². The average molecular weight is 299 g/mol. The van der Waals surface area contributed by atoms with Crippen molar-refractivity contribution in [3.8, 4) is 6.01 Å². The summed E-state index contributed by atoms with van der Waals surface area (Å²) >= 11 is 0. The minimum absolute atomic E-state index is 0.0106. The molecule has 0 aliphatic carbocycles. The summed E-state index contributed by atoms with van der Waals surface area (Å²) in [6, 6.07) is 12.9. The van der Waals surface area contributed by atoms with Gasteiger partial charge in [-0.05, 0) is 25.5 Å². The Morgan fingerprint density at radius 1 is 1.18 bits per heavy atom.